The van der Waals surface area contributed by atoms with Crippen LogP contribution in [0.1, 0.15) is 48.2 Å². The molecule has 0 unspecified atom stereocenters. The normalized spacial score (nSPS) is 18.3. The molecular weight excluding hydrogens is 391 g/mol. The van der Waals surface area contributed by atoms with Gasteiger partial charge in [0.15, 0.2) is 0 Å². The maximum atomic E-state index is 12.4. The van der Waals surface area contributed by atoms with Crippen LogP contribution < -0.4 is 11.1 Å². The molecule has 154 valence electrons. The molecule has 0 atom stereocenters. The first-order valence-corrected chi connectivity index (χ1v) is 9.24. The first kappa shape index (κ1) is 23.8. The summed E-state index contributed by atoms with van der Waals surface area (Å²) in [5.74, 6) is 0.685. The Balaban J connectivity index is 0.00000182. The zero-order valence-electron chi connectivity index (χ0n) is 15.5. The zero-order valence-corrected chi connectivity index (χ0v) is 17.2. The maximum absolute atomic E-state index is 12.4. The molecule has 2 heterocycles. The van der Waals surface area contributed by atoms with Gasteiger partial charge in [-0.05, 0) is 18.9 Å². The van der Waals surface area contributed by atoms with Gasteiger partial charge in [-0.15, -0.1) is 24.8 Å². The summed E-state index contributed by atoms with van der Waals surface area (Å²) in [6.07, 6.45) is 7.38. The van der Waals surface area contributed by atoms with Crippen LogP contribution in [-0.2, 0) is 11.3 Å². The Bertz CT molecular complexity index is 597. The number of nitrogens with two attached hydrogens (primary N) is 1. The molecule has 1 aromatic rings. The van der Waals surface area contributed by atoms with Crippen LogP contribution in [0.4, 0.5) is 0 Å². The van der Waals surface area contributed by atoms with Gasteiger partial charge in [-0.25, -0.2) is 0 Å². The molecule has 0 radical (unpaired) electrons. The number of rotatable bonds is 5. The summed E-state index contributed by atoms with van der Waals surface area (Å²) in [6.45, 7) is 3.38. The fourth-order valence-corrected chi connectivity index (χ4v) is 3.61. The van der Waals surface area contributed by atoms with Crippen LogP contribution in [-0.4, -0.2) is 60.4 Å². The molecule has 2 aliphatic rings. The lowest BCUT2D eigenvalue weighted by Crippen LogP contribution is -2.52. The number of piperazine rings is 1. The van der Waals surface area contributed by atoms with E-state index in [0.29, 0.717) is 50.1 Å². The second-order valence-electron chi connectivity index (χ2n) is 6.98. The minimum absolute atomic E-state index is 0. The fourth-order valence-electron chi connectivity index (χ4n) is 3.61. The molecule has 1 aromatic heterocycles. The summed E-state index contributed by atoms with van der Waals surface area (Å²) < 4.78 is 5.24. The molecule has 9 heteroatoms. The van der Waals surface area contributed by atoms with E-state index in [2.05, 4.69) is 10.2 Å². The third kappa shape index (κ3) is 6.68. The summed E-state index contributed by atoms with van der Waals surface area (Å²) in [5, 5.41) is 3.15. The van der Waals surface area contributed by atoms with Crippen molar-refractivity contribution in [3.05, 3.63) is 23.7 Å². The van der Waals surface area contributed by atoms with E-state index in [4.69, 9.17) is 10.2 Å². The van der Waals surface area contributed by atoms with Crippen LogP contribution in [0, 0.1) is 0 Å². The standard InChI is InChI=1S/C18H28N4O3.2ClH/c19-11-16-10-14(13-25-16)18(24)22-8-6-21(7-9-22)12-17(23)20-15-4-2-1-3-5-15;;/h10,13,15H,1-9,11-12,19H2,(H,20,23);2*1H. The Morgan fingerprint density at radius 2 is 1.78 bits per heavy atom. The third-order valence-corrected chi connectivity index (χ3v) is 5.10. The van der Waals surface area contributed by atoms with E-state index in [1.165, 1.54) is 25.5 Å². The minimum atomic E-state index is -0.0326. The number of nitrogens with one attached hydrogen (secondary N) is 1. The fraction of sp³-hybridized carbons (Fsp3) is 0.667. The highest BCUT2D eigenvalue weighted by Crippen LogP contribution is 2.17. The number of furan rings is 1. The lowest BCUT2D eigenvalue weighted by atomic mass is 9.95. The molecule has 0 bridgehead atoms. The molecule has 1 aliphatic heterocycles. The molecule has 1 saturated heterocycles. The van der Waals surface area contributed by atoms with E-state index in [1.807, 2.05) is 0 Å². The molecule has 3 N–H and O–H groups in total. The van der Waals surface area contributed by atoms with Crippen LogP contribution in [0.15, 0.2) is 16.7 Å². The zero-order chi connectivity index (χ0) is 17.6. The summed E-state index contributed by atoms with van der Waals surface area (Å²) in [4.78, 5) is 28.6. The van der Waals surface area contributed by atoms with E-state index >= 15 is 0 Å². The molecule has 3 rings (SSSR count). The number of carbonyl (C=O) groups excluding carboxylic acids is 2. The summed E-state index contributed by atoms with van der Waals surface area (Å²) in [5.41, 5.74) is 6.06. The molecule has 2 amide bonds. The Hall–Kier alpha value is -1.28. The molecular formula is C18H30Cl2N4O3. The van der Waals surface area contributed by atoms with Crippen molar-refractivity contribution in [2.45, 2.75) is 44.7 Å². The monoisotopic (exact) mass is 420 g/mol. The van der Waals surface area contributed by atoms with Crippen LogP contribution in [0.5, 0.6) is 0 Å². The second-order valence-corrected chi connectivity index (χ2v) is 6.98. The van der Waals surface area contributed by atoms with E-state index in [-0.39, 0.29) is 43.2 Å². The molecule has 27 heavy (non-hydrogen) atoms. The SMILES string of the molecule is Cl.Cl.NCc1cc(C(=O)N2CCN(CC(=O)NC3CCCCC3)CC2)co1. The van der Waals surface area contributed by atoms with Gasteiger partial charge in [-0.2, -0.15) is 0 Å². The average molecular weight is 421 g/mol. The van der Waals surface area contributed by atoms with Crippen molar-refractivity contribution in [2.75, 3.05) is 32.7 Å². The molecule has 2 fully saturated rings. The number of nitrogens with zero attached hydrogens (tertiary/aromatic N) is 2. The second kappa shape index (κ2) is 11.5. The van der Waals surface area contributed by atoms with Gasteiger partial charge in [0.1, 0.15) is 12.0 Å². The highest BCUT2D eigenvalue weighted by molar-refractivity contribution is 5.94. The summed E-state index contributed by atoms with van der Waals surface area (Å²) >= 11 is 0. The van der Waals surface area contributed by atoms with Gasteiger partial charge in [-0.1, -0.05) is 19.3 Å². The lowest BCUT2D eigenvalue weighted by Gasteiger charge is -2.34. The maximum Gasteiger partial charge on any atom is 0.257 e. The van der Waals surface area contributed by atoms with Gasteiger partial charge < -0.3 is 20.4 Å². The smallest absolute Gasteiger partial charge is 0.257 e. The summed E-state index contributed by atoms with van der Waals surface area (Å²) in [7, 11) is 0. The number of hydrogen-bond acceptors (Lipinski definition) is 5. The highest BCUT2D eigenvalue weighted by Gasteiger charge is 2.25. The van der Waals surface area contributed by atoms with Crippen LogP contribution in [0.25, 0.3) is 0 Å². The van der Waals surface area contributed by atoms with Crippen molar-refractivity contribution in [1.29, 1.82) is 0 Å². The Morgan fingerprint density at radius 3 is 2.37 bits per heavy atom. The Labute approximate surface area is 172 Å². The van der Waals surface area contributed by atoms with Crippen molar-refractivity contribution in [1.82, 2.24) is 15.1 Å². The average Bonchev–Trinajstić information content (AvgIpc) is 3.12. The lowest BCUT2D eigenvalue weighted by molar-refractivity contribution is -0.123. The number of halogens is 2. The van der Waals surface area contributed by atoms with Crippen LogP contribution in [0.2, 0.25) is 0 Å². The molecule has 1 aliphatic carbocycles. The van der Waals surface area contributed by atoms with E-state index in [9.17, 15) is 9.59 Å². The predicted molar refractivity (Wildman–Crippen MR) is 108 cm³/mol. The van der Waals surface area contributed by atoms with E-state index < -0.39 is 0 Å². The quantitative estimate of drug-likeness (QED) is 0.757. The van der Waals surface area contributed by atoms with Crippen LogP contribution in [0.3, 0.4) is 0 Å². The van der Waals surface area contributed by atoms with Gasteiger partial charge in [-0.3, -0.25) is 14.5 Å². The van der Waals surface area contributed by atoms with E-state index in [0.717, 1.165) is 12.8 Å². The van der Waals surface area contributed by atoms with Gasteiger partial charge in [0.2, 0.25) is 5.91 Å². The first-order chi connectivity index (χ1) is 12.2. The largest absolute Gasteiger partial charge is 0.467 e. The third-order valence-electron chi connectivity index (χ3n) is 5.10. The highest BCUT2D eigenvalue weighted by atomic mass is 35.5. The van der Waals surface area contributed by atoms with Crippen molar-refractivity contribution >= 4 is 36.6 Å². The van der Waals surface area contributed by atoms with Crippen molar-refractivity contribution < 1.29 is 14.0 Å². The molecule has 0 spiro atoms. The van der Waals surface area contributed by atoms with Gasteiger partial charge in [0.25, 0.3) is 5.91 Å². The predicted octanol–water partition coefficient (Wildman–Crippen LogP) is 1.79. The number of carbonyl (C=O) groups is 2. The molecule has 1 saturated carbocycles. The van der Waals surface area contributed by atoms with Crippen molar-refractivity contribution in [3.63, 3.8) is 0 Å². The summed E-state index contributed by atoms with van der Waals surface area (Å²) in [6, 6.07) is 2.05. The van der Waals surface area contributed by atoms with Gasteiger partial charge in [0, 0.05) is 32.2 Å². The van der Waals surface area contributed by atoms with Crippen LogP contribution >= 0.6 is 24.8 Å². The minimum Gasteiger partial charge on any atom is -0.467 e. The van der Waals surface area contributed by atoms with Gasteiger partial charge >= 0.3 is 0 Å². The van der Waals surface area contributed by atoms with Gasteiger partial charge in [0.05, 0.1) is 18.7 Å². The number of amides is 2. The Morgan fingerprint density at radius 1 is 1.11 bits per heavy atom. The van der Waals surface area contributed by atoms with Crippen molar-refractivity contribution in [2.24, 2.45) is 5.73 Å². The number of hydrogen-bond donors (Lipinski definition) is 2. The molecule has 0 aromatic carbocycles. The topological polar surface area (TPSA) is 91.8 Å². The first-order valence-electron chi connectivity index (χ1n) is 9.24. The molecule has 7 nitrogen and oxygen atoms in total. The Kier molecular flexibility index (Phi) is 10.2. The van der Waals surface area contributed by atoms with E-state index in [1.54, 1.807) is 11.0 Å². The van der Waals surface area contributed by atoms with Crippen molar-refractivity contribution in [3.8, 4) is 0 Å².